The van der Waals surface area contributed by atoms with Crippen LogP contribution in [0.3, 0.4) is 0 Å². The van der Waals surface area contributed by atoms with Gasteiger partial charge in [0.1, 0.15) is 0 Å². The summed E-state index contributed by atoms with van der Waals surface area (Å²) in [5.41, 5.74) is 13.0. The predicted octanol–water partition coefficient (Wildman–Crippen LogP) is 12.6. The molecule has 0 unspecified atom stereocenters. The molecule has 250 valence electrons. The van der Waals surface area contributed by atoms with Gasteiger partial charge in [0, 0.05) is 38.4 Å². The summed E-state index contributed by atoms with van der Waals surface area (Å²) >= 11 is 0. The van der Waals surface area contributed by atoms with Crippen molar-refractivity contribution in [3.8, 4) is 56.9 Å². The van der Waals surface area contributed by atoms with E-state index < -0.39 is 0 Å². The second-order valence-electron chi connectivity index (χ2n) is 13.5. The molecular formula is C50H30N4. The Balaban J connectivity index is 1.40. The number of hydrogen-bond donors (Lipinski definition) is 0. The highest BCUT2D eigenvalue weighted by Gasteiger charge is 2.25. The third-order valence-corrected chi connectivity index (χ3v) is 10.6. The van der Waals surface area contributed by atoms with Crippen LogP contribution in [-0.2, 0) is 0 Å². The third-order valence-electron chi connectivity index (χ3n) is 10.6. The van der Waals surface area contributed by atoms with Crippen LogP contribution in [0.5, 0.6) is 0 Å². The van der Waals surface area contributed by atoms with Crippen LogP contribution in [0, 0.1) is 22.7 Å². The smallest absolute Gasteiger partial charge is 0.0998 e. The molecule has 0 fully saturated rings. The molecule has 0 atom stereocenters. The average molecular weight is 687 g/mol. The SMILES string of the molecule is N#Cc1cccc(C#N)c1-c1cc(-c2ccccc2)c(-n2c3ccccc3c3c2ccc2c4ccccc4n(-c4ccccc4)c23)cc1-c1ccccc1. The van der Waals surface area contributed by atoms with Crippen LogP contribution in [0.2, 0.25) is 0 Å². The fourth-order valence-electron chi connectivity index (χ4n) is 8.33. The first-order valence-corrected chi connectivity index (χ1v) is 18.0. The summed E-state index contributed by atoms with van der Waals surface area (Å²) in [6.45, 7) is 0. The summed E-state index contributed by atoms with van der Waals surface area (Å²) in [6.07, 6.45) is 0. The molecule has 2 heterocycles. The second kappa shape index (κ2) is 12.5. The van der Waals surface area contributed by atoms with E-state index in [1.165, 1.54) is 16.2 Å². The van der Waals surface area contributed by atoms with E-state index in [0.29, 0.717) is 16.7 Å². The Morgan fingerprint density at radius 1 is 0.389 bits per heavy atom. The fourth-order valence-corrected chi connectivity index (χ4v) is 8.33. The molecule has 2 aromatic heterocycles. The van der Waals surface area contributed by atoms with E-state index in [-0.39, 0.29) is 0 Å². The van der Waals surface area contributed by atoms with Gasteiger partial charge in [-0.05, 0) is 76.9 Å². The summed E-state index contributed by atoms with van der Waals surface area (Å²) in [4.78, 5) is 0. The van der Waals surface area contributed by atoms with Crippen molar-refractivity contribution in [1.82, 2.24) is 9.13 Å². The first kappa shape index (κ1) is 31.1. The highest BCUT2D eigenvalue weighted by molar-refractivity contribution is 6.26. The van der Waals surface area contributed by atoms with Crippen molar-refractivity contribution in [3.05, 3.63) is 193 Å². The molecular weight excluding hydrogens is 657 g/mol. The zero-order valence-corrected chi connectivity index (χ0v) is 29.1. The van der Waals surface area contributed by atoms with Crippen LogP contribution in [0.4, 0.5) is 0 Å². The van der Waals surface area contributed by atoms with Gasteiger partial charge in [0.05, 0.1) is 51.0 Å². The molecule has 0 radical (unpaired) electrons. The number of rotatable bonds is 5. The van der Waals surface area contributed by atoms with Gasteiger partial charge in [-0.15, -0.1) is 0 Å². The maximum atomic E-state index is 10.4. The van der Waals surface area contributed by atoms with E-state index >= 15 is 0 Å². The van der Waals surface area contributed by atoms with E-state index in [1.54, 1.807) is 18.2 Å². The predicted molar refractivity (Wildman–Crippen MR) is 221 cm³/mol. The number of hydrogen-bond acceptors (Lipinski definition) is 2. The number of benzene rings is 8. The Morgan fingerprint density at radius 2 is 0.944 bits per heavy atom. The molecule has 10 aromatic rings. The lowest BCUT2D eigenvalue weighted by molar-refractivity contribution is 1.17. The van der Waals surface area contributed by atoms with Crippen molar-refractivity contribution in [2.45, 2.75) is 0 Å². The molecule has 0 saturated carbocycles. The molecule has 0 aliphatic heterocycles. The average Bonchev–Trinajstić information content (AvgIpc) is 3.77. The van der Waals surface area contributed by atoms with Gasteiger partial charge in [0.2, 0.25) is 0 Å². The Bertz CT molecular complexity index is 3120. The van der Waals surface area contributed by atoms with E-state index in [4.69, 9.17) is 0 Å². The van der Waals surface area contributed by atoms with Gasteiger partial charge >= 0.3 is 0 Å². The molecule has 4 heteroatoms. The molecule has 0 saturated heterocycles. The van der Waals surface area contributed by atoms with Crippen LogP contribution >= 0.6 is 0 Å². The summed E-state index contributed by atoms with van der Waals surface area (Å²) < 4.78 is 4.81. The minimum atomic E-state index is 0.464. The summed E-state index contributed by atoms with van der Waals surface area (Å²) in [6, 6.07) is 67.7. The van der Waals surface area contributed by atoms with Crippen LogP contribution in [0.15, 0.2) is 182 Å². The molecule has 4 nitrogen and oxygen atoms in total. The molecule has 0 amide bonds. The number of fused-ring (bicyclic) bond motifs is 7. The monoisotopic (exact) mass is 686 g/mol. The highest BCUT2D eigenvalue weighted by Crippen LogP contribution is 2.46. The molecule has 54 heavy (non-hydrogen) atoms. The molecule has 0 bridgehead atoms. The minimum Gasteiger partial charge on any atom is -0.309 e. The minimum absolute atomic E-state index is 0.464. The van der Waals surface area contributed by atoms with Gasteiger partial charge in [-0.1, -0.05) is 127 Å². The highest BCUT2D eigenvalue weighted by atomic mass is 15.0. The topological polar surface area (TPSA) is 57.4 Å². The Labute approximate surface area is 312 Å². The number of nitriles is 2. The van der Waals surface area contributed by atoms with Crippen molar-refractivity contribution < 1.29 is 0 Å². The van der Waals surface area contributed by atoms with Crippen molar-refractivity contribution >= 4 is 43.6 Å². The Hall–Kier alpha value is -7.66. The molecule has 10 rings (SSSR count). The van der Waals surface area contributed by atoms with Gasteiger partial charge in [-0.2, -0.15) is 10.5 Å². The van der Waals surface area contributed by atoms with Crippen LogP contribution in [0.1, 0.15) is 11.1 Å². The van der Waals surface area contributed by atoms with Crippen molar-refractivity contribution in [3.63, 3.8) is 0 Å². The zero-order chi connectivity index (χ0) is 36.2. The summed E-state index contributed by atoms with van der Waals surface area (Å²) in [5, 5.41) is 25.5. The first-order chi connectivity index (χ1) is 26.7. The first-order valence-electron chi connectivity index (χ1n) is 18.0. The molecule has 0 spiro atoms. The maximum Gasteiger partial charge on any atom is 0.0998 e. The van der Waals surface area contributed by atoms with Gasteiger partial charge in [0.15, 0.2) is 0 Å². The third kappa shape index (κ3) is 4.68. The lowest BCUT2D eigenvalue weighted by atomic mass is 9.86. The van der Waals surface area contributed by atoms with E-state index in [1.807, 2.05) is 24.3 Å². The number of aromatic nitrogens is 2. The summed E-state index contributed by atoms with van der Waals surface area (Å²) in [5.74, 6) is 0. The van der Waals surface area contributed by atoms with Crippen LogP contribution in [0.25, 0.3) is 88.4 Å². The quantitative estimate of drug-likeness (QED) is 0.181. The fraction of sp³-hybridized carbons (Fsp3) is 0. The van der Waals surface area contributed by atoms with Crippen LogP contribution < -0.4 is 0 Å². The van der Waals surface area contributed by atoms with Crippen molar-refractivity contribution in [1.29, 1.82) is 10.5 Å². The second-order valence-corrected chi connectivity index (χ2v) is 13.5. The van der Waals surface area contributed by atoms with Crippen molar-refractivity contribution in [2.24, 2.45) is 0 Å². The standard InChI is InChI=1S/C50H30N4/c51-31-35-19-14-20-36(32-52)48(35)43-29-42(34-17-6-2-7-18-34)47(30-41(43)33-15-4-1-5-16-33)54-45-26-13-11-24-40(45)49-46(54)28-27-39-38-23-10-12-25-44(38)53(50(39)49)37-21-8-3-9-22-37/h1-30H. The lowest BCUT2D eigenvalue weighted by Crippen LogP contribution is -2.01. The van der Waals surface area contributed by atoms with E-state index in [9.17, 15) is 10.5 Å². The molecule has 0 N–H and O–H groups in total. The van der Waals surface area contributed by atoms with Gasteiger partial charge in [-0.25, -0.2) is 0 Å². The molecule has 0 aliphatic carbocycles. The number of nitrogens with zero attached hydrogens (tertiary/aromatic N) is 4. The van der Waals surface area contributed by atoms with Gasteiger partial charge in [-0.3, -0.25) is 0 Å². The lowest BCUT2D eigenvalue weighted by Gasteiger charge is -2.21. The Morgan fingerprint density at radius 3 is 1.59 bits per heavy atom. The normalized spacial score (nSPS) is 11.3. The summed E-state index contributed by atoms with van der Waals surface area (Å²) in [7, 11) is 0. The van der Waals surface area contributed by atoms with Gasteiger partial charge in [0.25, 0.3) is 0 Å². The van der Waals surface area contributed by atoms with Crippen molar-refractivity contribution in [2.75, 3.05) is 0 Å². The Kier molecular flexibility index (Phi) is 7.22. The van der Waals surface area contributed by atoms with E-state index in [2.05, 4.69) is 161 Å². The van der Waals surface area contributed by atoms with Gasteiger partial charge < -0.3 is 9.13 Å². The molecule has 8 aromatic carbocycles. The van der Waals surface area contributed by atoms with E-state index in [0.717, 1.165) is 66.6 Å². The zero-order valence-electron chi connectivity index (χ0n) is 29.1. The number of para-hydroxylation sites is 3. The van der Waals surface area contributed by atoms with Crippen LogP contribution in [-0.4, -0.2) is 9.13 Å². The largest absolute Gasteiger partial charge is 0.309 e. The molecule has 0 aliphatic rings. The maximum absolute atomic E-state index is 10.4.